The van der Waals surface area contributed by atoms with Gasteiger partial charge in [0.15, 0.2) is 0 Å². The van der Waals surface area contributed by atoms with Crippen LogP contribution in [0.1, 0.15) is 34.1 Å². The van der Waals surface area contributed by atoms with Crippen molar-refractivity contribution in [2.24, 2.45) is 0 Å². The molecule has 0 unspecified atom stereocenters. The van der Waals surface area contributed by atoms with Crippen molar-refractivity contribution in [1.82, 2.24) is 0 Å². The van der Waals surface area contributed by atoms with Gasteiger partial charge in [0.25, 0.3) is 0 Å². The van der Waals surface area contributed by atoms with E-state index in [1.165, 1.54) is 48.5 Å². The summed E-state index contributed by atoms with van der Waals surface area (Å²) in [6.07, 6.45) is 0. The second kappa shape index (κ2) is 18.1. The molecule has 0 saturated carbocycles. The third kappa shape index (κ3) is 9.98. The molecule has 0 atom stereocenters. The molecule has 4 aromatic rings. The molecule has 0 saturated heterocycles. The Bertz CT molecular complexity index is 934. The van der Waals surface area contributed by atoms with Crippen LogP contribution in [0.25, 0.3) is 0 Å². The third-order valence-electron chi connectivity index (χ3n) is 5.29. The van der Waals surface area contributed by atoms with E-state index < -0.39 is 0 Å². The van der Waals surface area contributed by atoms with Gasteiger partial charge < -0.3 is 20.4 Å². The van der Waals surface area contributed by atoms with Crippen LogP contribution in [0, 0.1) is 0 Å². The van der Waals surface area contributed by atoms with E-state index in [0.29, 0.717) is 0 Å². The van der Waals surface area contributed by atoms with Crippen molar-refractivity contribution >= 4 is 0 Å². The Labute approximate surface area is 370 Å². The summed E-state index contributed by atoms with van der Waals surface area (Å²) in [5.74, 6) is -0.820. The minimum atomic E-state index is -0.235. The fourth-order valence-electron chi connectivity index (χ4n) is 3.86. The van der Waals surface area contributed by atoms with Crippen molar-refractivity contribution in [3.05, 3.63) is 119 Å². The van der Waals surface area contributed by atoms with Crippen molar-refractivity contribution in [2.75, 3.05) is 0 Å². The molecule has 0 aliphatic rings. The summed E-state index contributed by atoms with van der Waals surface area (Å²) in [4.78, 5) is 0. The molecule has 150 valence electrons. The predicted molar refractivity (Wildman–Crippen MR) is 107 cm³/mol. The van der Waals surface area contributed by atoms with Crippen molar-refractivity contribution in [2.45, 2.75) is 11.8 Å². The minimum absolute atomic E-state index is 0. The summed E-state index contributed by atoms with van der Waals surface area (Å²) in [7, 11) is 0. The Morgan fingerprint density at radius 1 is 0.294 bits per heavy atom. The maximum Gasteiger partial charge on any atom is 1.00 e. The molecule has 0 bridgehead atoms. The van der Waals surface area contributed by atoms with Gasteiger partial charge in [-0.25, -0.2) is 0 Å². The van der Waals surface area contributed by atoms with Gasteiger partial charge in [-0.1, -0.05) is 97.1 Å². The van der Waals surface area contributed by atoms with Crippen molar-refractivity contribution in [3.8, 4) is 23.0 Å². The number of hydrogen-bond acceptors (Lipinski definition) is 4. The first-order chi connectivity index (χ1) is 14.5. The number of rotatable bonds is 5. The number of hydrogen-bond donors (Lipinski definition) is 0. The van der Waals surface area contributed by atoms with Gasteiger partial charge in [-0.2, -0.15) is 0 Å². The molecule has 34 heavy (non-hydrogen) atoms. The summed E-state index contributed by atoms with van der Waals surface area (Å²) < 4.78 is 0. The molecule has 0 aromatic heterocycles. The van der Waals surface area contributed by atoms with E-state index in [4.69, 9.17) is 0 Å². The summed E-state index contributed by atoms with van der Waals surface area (Å²) in [6.45, 7) is 0. The number of benzene rings is 4. The van der Waals surface area contributed by atoms with Crippen molar-refractivity contribution in [3.63, 3.8) is 0 Å². The van der Waals surface area contributed by atoms with E-state index in [2.05, 4.69) is 0 Å². The first kappa shape index (κ1) is 36.6. The van der Waals surface area contributed by atoms with Crippen LogP contribution in [-0.4, -0.2) is 0 Å². The van der Waals surface area contributed by atoms with E-state index in [0.717, 1.165) is 22.3 Å². The monoisotopic (exact) mass is 550 g/mol. The second-order valence-electron chi connectivity index (χ2n) is 7.23. The Morgan fingerprint density at radius 3 is 0.588 bits per heavy atom. The maximum atomic E-state index is 11.7. The van der Waals surface area contributed by atoms with Crippen LogP contribution in [0.4, 0.5) is 0 Å². The van der Waals surface area contributed by atoms with Crippen LogP contribution in [-0.2, 0) is 0 Å². The van der Waals surface area contributed by atoms with Crippen LogP contribution in [0.5, 0.6) is 23.0 Å². The molecular weight excluding hydrogens is 533 g/mol. The molecule has 0 radical (unpaired) electrons. The molecule has 0 fully saturated rings. The van der Waals surface area contributed by atoms with Crippen LogP contribution in [0.2, 0.25) is 0 Å². The van der Waals surface area contributed by atoms with Gasteiger partial charge in [-0.15, -0.1) is 23.0 Å². The molecule has 0 aliphatic carbocycles. The van der Waals surface area contributed by atoms with E-state index >= 15 is 0 Å². The Morgan fingerprint density at radius 2 is 0.441 bits per heavy atom. The van der Waals surface area contributed by atoms with E-state index in [1.54, 1.807) is 48.5 Å². The van der Waals surface area contributed by atoms with Gasteiger partial charge in [-0.05, 0) is 22.3 Å². The van der Waals surface area contributed by atoms with Crippen LogP contribution in [0.3, 0.4) is 0 Å². The Hall–Kier alpha value is 2.63. The molecule has 0 heterocycles. The second-order valence-corrected chi connectivity index (χ2v) is 7.23. The smallest absolute Gasteiger partial charge is 0.872 e. The van der Waals surface area contributed by atoms with E-state index in [-0.39, 0.29) is 240 Å². The summed E-state index contributed by atoms with van der Waals surface area (Å²) in [5.41, 5.74) is 3.59. The summed E-state index contributed by atoms with van der Waals surface area (Å²) in [6, 6.07) is 26.4. The third-order valence-corrected chi connectivity index (χ3v) is 5.29. The van der Waals surface area contributed by atoms with Crippen molar-refractivity contribution < 1.29 is 226 Å². The van der Waals surface area contributed by atoms with E-state index in [1.807, 2.05) is 0 Å². The molecule has 4 aromatic carbocycles. The SMILES string of the molecule is [K+].[K+].[K+].[K+].[O-]c1ccc(C(c2ccc([O-])cc2)C(c2ccc([O-])cc2)c2ccc([O-])cc2)cc1. The largest absolute Gasteiger partial charge is 1.00 e. The standard InChI is InChI=1S/C26H22O4.4K/c27-21-9-1-17(2-10-21)25(18-3-11-22(28)12-4-18)26(19-5-13-23(29)14-6-19)20-7-15-24(30)16-8-20;;;;/h1-16,25-30H;;;;/q;4*+1/p-4. The molecule has 0 N–H and O–H groups in total. The van der Waals surface area contributed by atoms with Crippen molar-refractivity contribution in [1.29, 1.82) is 0 Å². The maximum absolute atomic E-state index is 11.7. The summed E-state index contributed by atoms with van der Waals surface area (Å²) >= 11 is 0. The quantitative estimate of drug-likeness (QED) is 0.231. The van der Waals surface area contributed by atoms with Crippen LogP contribution >= 0.6 is 0 Å². The minimum Gasteiger partial charge on any atom is -0.872 e. The molecule has 8 heteroatoms. The van der Waals surface area contributed by atoms with Gasteiger partial charge in [0, 0.05) is 11.8 Å². The molecular formula is C26H18K4O4. The van der Waals surface area contributed by atoms with Gasteiger partial charge in [0.1, 0.15) is 0 Å². The van der Waals surface area contributed by atoms with E-state index in [9.17, 15) is 20.4 Å². The molecule has 0 aliphatic heterocycles. The average molecular weight is 551 g/mol. The first-order valence-corrected chi connectivity index (χ1v) is 9.59. The van der Waals surface area contributed by atoms with Gasteiger partial charge in [-0.3, -0.25) is 0 Å². The fraction of sp³-hybridized carbons (Fsp3) is 0.0769. The van der Waals surface area contributed by atoms with Crippen LogP contribution in [0.15, 0.2) is 97.1 Å². The topological polar surface area (TPSA) is 92.2 Å². The molecule has 4 nitrogen and oxygen atoms in total. The zero-order valence-electron chi connectivity index (χ0n) is 20.0. The Balaban J connectivity index is 0.00000272. The van der Waals surface area contributed by atoms with Crippen LogP contribution < -0.4 is 226 Å². The Kier molecular flexibility index (Phi) is 19.5. The summed E-state index contributed by atoms with van der Waals surface area (Å²) in [5, 5.41) is 46.8. The molecule has 0 spiro atoms. The normalized spacial score (nSPS) is 9.82. The van der Waals surface area contributed by atoms with Gasteiger partial charge >= 0.3 is 206 Å². The van der Waals surface area contributed by atoms with Gasteiger partial charge in [0.2, 0.25) is 0 Å². The molecule has 4 rings (SSSR count). The molecule has 0 amide bonds. The first-order valence-electron chi connectivity index (χ1n) is 9.59. The fourth-order valence-corrected chi connectivity index (χ4v) is 3.86. The zero-order chi connectivity index (χ0) is 21.1. The van der Waals surface area contributed by atoms with Gasteiger partial charge in [0.05, 0.1) is 0 Å². The predicted octanol–water partition coefficient (Wildman–Crippen LogP) is -9.04. The average Bonchev–Trinajstić information content (AvgIpc) is 2.75. The zero-order valence-corrected chi connectivity index (χ0v) is 32.5.